The monoisotopic (exact) mass is 182 g/mol. The van der Waals surface area contributed by atoms with Gasteiger partial charge in [0.15, 0.2) is 0 Å². The van der Waals surface area contributed by atoms with Gasteiger partial charge in [-0.15, -0.1) is 0 Å². The highest BCUT2D eigenvalue weighted by molar-refractivity contribution is 4.87. The minimum atomic E-state index is 0.759. The fraction of sp³-hybridized carbons (Fsp3) is 1.00. The van der Waals surface area contributed by atoms with Crippen LogP contribution in [0.2, 0.25) is 0 Å². The van der Waals surface area contributed by atoms with Crippen LogP contribution in [0.3, 0.4) is 0 Å². The number of hydrogen-bond acceptors (Lipinski definition) is 2. The summed E-state index contributed by atoms with van der Waals surface area (Å²) in [6.45, 7) is 4.89. The number of nitrogens with zero attached hydrogens (tertiary/aromatic N) is 1. The molecule has 1 aliphatic carbocycles. The van der Waals surface area contributed by atoms with Crippen LogP contribution in [0, 0.1) is 5.92 Å². The van der Waals surface area contributed by atoms with E-state index in [4.69, 9.17) is 0 Å². The van der Waals surface area contributed by atoms with Gasteiger partial charge in [0.05, 0.1) is 0 Å². The second-order valence-corrected chi connectivity index (χ2v) is 4.89. The highest BCUT2D eigenvalue weighted by atomic mass is 15.1. The SMILES string of the molecule is CC(NC1CCCN(C)C1)C1CC1. The molecule has 2 rings (SSSR count). The highest BCUT2D eigenvalue weighted by Crippen LogP contribution is 2.32. The molecule has 0 spiro atoms. The largest absolute Gasteiger partial charge is 0.310 e. The predicted molar refractivity (Wildman–Crippen MR) is 55.8 cm³/mol. The third kappa shape index (κ3) is 2.68. The van der Waals surface area contributed by atoms with E-state index in [9.17, 15) is 0 Å². The molecule has 0 aromatic rings. The lowest BCUT2D eigenvalue weighted by Crippen LogP contribution is -2.47. The van der Waals surface area contributed by atoms with Crippen LogP contribution in [0.25, 0.3) is 0 Å². The molecule has 1 aliphatic heterocycles. The van der Waals surface area contributed by atoms with Crippen molar-refractivity contribution in [2.75, 3.05) is 20.1 Å². The van der Waals surface area contributed by atoms with E-state index >= 15 is 0 Å². The summed E-state index contributed by atoms with van der Waals surface area (Å²) in [5.41, 5.74) is 0. The lowest BCUT2D eigenvalue weighted by Gasteiger charge is -2.32. The van der Waals surface area contributed by atoms with Crippen molar-refractivity contribution in [2.24, 2.45) is 5.92 Å². The summed E-state index contributed by atoms with van der Waals surface area (Å²) in [6.07, 6.45) is 5.65. The van der Waals surface area contributed by atoms with Crippen LogP contribution in [0.1, 0.15) is 32.6 Å². The Morgan fingerprint density at radius 1 is 1.31 bits per heavy atom. The van der Waals surface area contributed by atoms with Crippen molar-refractivity contribution in [3.05, 3.63) is 0 Å². The molecule has 76 valence electrons. The molecule has 0 bridgehead atoms. The lowest BCUT2D eigenvalue weighted by molar-refractivity contribution is 0.214. The topological polar surface area (TPSA) is 15.3 Å². The van der Waals surface area contributed by atoms with Crippen LogP contribution in [0.4, 0.5) is 0 Å². The minimum Gasteiger partial charge on any atom is -0.310 e. The van der Waals surface area contributed by atoms with Crippen LogP contribution >= 0.6 is 0 Å². The number of rotatable bonds is 3. The van der Waals surface area contributed by atoms with Crippen LogP contribution in [0.15, 0.2) is 0 Å². The first-order valence-corrected chi connectivity index (χ1v) is 5.70. The summed E-state index contributed by atoms with van der Waals surface area (Å²) in [4.78, 5) is 2.45. The second-order valence-electron chi connectivity index (χ2n) is 4.89. The smallest absolute Gasteiger partial charge is 0.0197 e. The van der Waals surface area contributed by atoms with E-state index in [0.29, 0.717) is 0 Å². The van der Waals surface area contributed by atoms with E-state index in [1.807, 2.05) is 0 Å². The fourth-order valence-electron chi connectivity index (χ4n) is 2.41. The summed E-state index contributed by atoms with van der Waals surface area (Å²) in [5.74, 6) is 0.993. The molecule has 0 aromatic heterocycles. The molecule has 2 atom stereocenters. The Morgan fingerprint density at radius 2 is 2.08 bits per heavy atom. The van der Waals surface area contributed by atoms with Crippen molar-refractivity contribution in [2.45, 2.75) is 44.7 Å². The average molecular weight is 182 g/mol. The molecule has 0 aromatic carbocycles. The molecule has 2 aliphatic rings. The van der Waals surface area contributed by atoms with Crippen molar-refractivity contribution in [1.29, 1.82) is 0 Å². The molecule has 13 heavy (non-hydrogen) atoms. The van der Waals surface area contributed by atoms with Gasteiger partial charge >= 0.3 is 0 Å². The van der Waals surface area contributed by atoms with Crippen LogP contribution in [-0.4, -0.2) is 37.1 Å². The van der Waals surface area contributed by atoms with Crippen molar-refractivity contribution in [3.8, 4) is 0 Å². The molecule has 1 N–H and O–H groups in total. The van der Waals surface area contributed by atoms with Crippen LogP contribution in [-0.2, 0) is 0 Å². The third-order valence-electron chi connectivity index (χ3n) is 3.45. The van der Waals surface area contributed by atoms with Crippen molar-refractivity contribution in [1.82, 2.24) is 10.2 Å². The first kappa shape index (κ1) is 9.47. The summed E-state index contributed by atoms with van der Waals surface area (Å²) in [7, 11) is 2.23. The summed E-state index contributed by atoms with van der Waals surface area (Å²) in [6, 6.07) is 1.52. The Labute approximate surface area is 81.7 Å². The number of hydrogen-bond donors (Lipinski definition) is 1. The lowest BCUT2D eigenvalue weighted by atomic mass is 10.0. The Hall–Kier alpha value is -0.0800. The zero-order valence-electron chi connectivity index (χ0n) is 8.92. The van der Waals surface area contributed by atoms with E-state index in [0.717, 1.165) is 18.0 Å². The second kappa shape index (κ2) is 3.97. The third-order valence-corrected chi connectivity index (χ3v) is 3.45. The van der Waals surface area contributed by atoms with Gasteiger partial charge in [0.25, 0.3) is 0 Å². The molecule has 1 saturated heterocycles. The molecule has 2 unspecified atom stereocenters. The van der Waals surface area contributed by atoms with Crippen molar-refractivity contribution in [3.63, 3.8) is 0 Å². The molecule has 2 fully saturated rings. The van der Waals surface area contributed by atoms with Gasteiger partial charge in [-0.05, 0) is 52.1 Å². The van der Waals surface area contributed by atoms with Crippen LogP contribution < -0.4 is 5.32 Å². The van der Waals surface area contributed by atoms with E-state index in [-0.39, 0.29) is 0 Å². The molecule has 0 radical (unpaired) electrons. The van der Waals surface area contributed by atoms with Crippen molar-refractivity contribution < 1.29 is 0 Å². The van der Waals surface area contributed by atoms with E-state index < -0.39 is 0 Å². The first-order valence-electron chi connectivity index (χ1n) is 5.70. The molecule has 1 heterocycles. The average Bonchev–Trinajstić information content (AvgIpc) is 2.85. The standard InChI is InChI=1S/C11H22N2/c1-9(10-5-6-10)12-11-4-3-7-13(2)8-11/h9-12H,3-8H2,1-2H3. The predicted octanol–water partition coefficient (Wildman–Crippen LogP) is 1.47. The molecule has 2 heteroatoms. The molecular formula is C11H22N2. The maximum atomic E-state index is 3.77. The van der Waals surface area contributed by atoms with Gasteiger partial charge in [0.1, 0.15) is 0 Å². The van der Waals surface area contributed by atoms with Gasteiger partial charge in [-0.3, -0.25) is 0 Å². The van der Waals surface area contributed by atoms with E-state index in [2.05, 4.69) is 24.2 Å². The first-order chi connectivity index (χ1) is 6.25. The zero-order valence-corrected chi connectivity index (χ0v) is 8.92. The van der Waals surface area contributed by atoms with Gasteiger partial charge in [-0.1, -0.05) is 0 Å². The summed E-state index contributed by atoms with van der Waals surface area (Å²) >= 11 is 0. The highest BCUT2D eigenvalue weighted by Gasteiger charge is 2.29. The Balaban J connectivity index is 1.73. The number of likely N-dealkylation sites (N-methyl/N-ethyl adjacent to an activating group) is 1. The fourth-order valence-corrected chi connectivity index (χ4v) is 2.41. The molecular weight excluding hydrogens is 160 g/mol. The van der Waals surface area contributed by atoms with Gasteiger partial charge in [0, 0.05) is 18.6 Å². The maximum Gasteiger partial charge on any atom is 0.0197 e. The number of piperidine rings is 1. The van der Waals surface area contributed by atoms with E-state index in [1.54, 1.807) is 0 Å². The number of likely N-dealkylation sites (tertiary alicyclic amines) is 1. The number of nitrogens with one attached hydrogen (secondary N) is 1. The molecule has 0 amide bonds. The zero-order chi connectivity index (χ0) is 9.26. The summed E-state index contributed by atoms with van der Waals surface area (Å²) < 4.78 is 0. The van der Waals surface area contributed by atoms with Gasteiger partial charge < -0.3 is 10.2 Å². The van der Waals surface area contributed by atoms with Gasteiger partial charge in [-0.25, -0.2) is 0 Å². The molecule has 1 saturated carbocycles. The summed E-state index contributed by atoms with van der Waals surface area (Å²) in [5, 5.41) is 3.77. The minimum absolute atomic E-state index is 0.759. The molecule has 2 nitrogen and oxygen atoms in total. The maximum absolute atomic E-state index is 3.77. The van der Waals surface area contributed by atoms with E-state index in [1.165, 1.54) is 38.8 Å². The Kier molecular flexibility index (Phi) is 2.89. The van der Waals surface area contributed by atoms with Gasteiger partial charge in [-0.2, -0.15) is 0 Å². The Morgan fingerprint density at radius 3 is 2.69 bits per heavy atom. The van der Waals surface area contributed by atoms with Crippen LogP contribution in [0.5, 0.6) is 0 Å². The normalized spacial score (nSPS) is 33.2. The van der Waals surface area contributed by atoms with Crippen molar-refractivity contribution >= 4 is 0 Å². The van der Waals surface area contributed by atoms with Gasteiger partial charge in [0.2, 0.25) is 0 Å². The Bertz CT molecular complexity index is 165. The quantitative estimate of drug-likeness (QED) is 0.711.